The van der Waals surface area contributed by atoms with E-state index in [2.05, 4.69) is 93.8 Å². The van der Waals surface area contributed by atoms with Crippen LogP contribution in [0.25, 0.3) is 0 Å². The molecule has 0 saturated carbocycles. The molecule has 0 unspecified atom stereocenters. The minimum Gasteiger partial charge on any atom is -0.0657 e. The summed E-state index contributed by atoms with van der Waals surface area (Å²) in [5.74, 6) is 0. The fourth-order valence-corrected chi connectivity index (χ4v) is 3.94. The van der Waals surface area contributed by atoms with E-state index in [1.165, 1.54) is 20.3 Å². The van der Waals surface area contributed by atoms with Gasteiger partial charge in [0.25, 0.3) is 0 Å². The molecule has 66 valence electrons. The van der Waals surface area contributed by atoms with Gasteiger partial charge < -0.3 is 0 Å². The van der Waals surface area contributed by atoms with Crippen LogP contribution in [0.15, 0.2) is 12.1 Å². The third-order valence-electron chi connectivity index (χ3n) is 1.66. The highest BCUT2D eigenvalue weighted by molar-refractivity contribution is 14.2. The Balaban J connectivity index is 3.28. The van der Waals surface area contributed by atoms with Gasteiger partial charge in [-0.05, 0) is 47.6 Å². The zero-order valence-electron chi connectivity index (χ0n) is 6.87. The maximum absolute atomic E-state index is 2.45. The number of hydrogen-bond donors (Lipinski definition) is 0. The minimum atomic E-state index is 0.575. The zero-order valence-corrected chi connectivity index (χ0v) is 13.3. The van der Waals surface area contributed by atoms with Crippen LogP contribution in [-0.4, -0.2) is 0 Å². The van der Waals surface area contributed by atoms with E-state index in [1.807, 2.05) is 0 Å². The second-order valence-electron chi connectivity index (χ2n) is 2.79. The summed E-state index contributed by atoms with van der Waals surface area (Å²) in [6.45, 7) is 4.33. The molecule has 0 aromatic heterocycles. The average molecular weight is 498 g/mol. The van der Waals surface area contributed by atoms with Crippen LogP contribution < -0.4 is 0 Å². The second-order valence-corrected chi connectivity index (χ2v) is 8.74. The van der Waals surface area contributed by atoms with Gasteiger partial charge in [0.1, 0.15) is 0 Å². The summed E-state index contributed by atoms with van der Waals surface area (Å²) in [6.07, 6.45) is 0. The lowest BCUT2D eigenvalue weighted by molar-refractivity contribution is 1.28. The smallest absolute Gasteiger partial charge is 0.0657 e. The Morgan fingerprint density at radius 1 is 1.17 bits per heavy atom. The number of hydrogen-bond acceptors (Lipinski definition) is 0. The molecular weight excluding hydrogens is 489 g/mol. The van der Waals surface area contributed by atoms with Crippen molar-refractivity contribution in [2.24, 2.45) is 0 Å². The van der Waals surface area contributed by atoms with Crippen LogP contribution in [0.4, 0.5) is 0 Å². The van der Waals surface area contributed by atoms with Gasteiger partial charge in [-0.1, -0.05) is 62.9 Å². The zero-order chi connectivity index (χ0) is 9.30. The number of benzene rings is 1. The fraction of sp³-hybridized carbons (Fsp3) is 0.333. The molecule has 0 heterocycles. The normalized spacial score (nSPS) is 10.8. The van der Waals surface area contributed by atoms with Crippen LogP contribution in [0.5, 0.6) is 0 Å². The molecular formula is C9H9I3. The van der Waals surface area contributed by atoms with Gasteiger partial charge >= 0.3 is 0 Å². The number of alkyl halides is 2. The molecule has 1 aromatic rings. The summed E-state index contributed by atoms with van der Waals surface area (Å²) in [4.78, 5) is 0. The van der Waals surface area contributed by atoms with Gasteiger partial charge in [0, 0.05) is 3.57 Å². The standard InChI is InChI=1S/C9H9I3/c1-5-3-6(2)8(10)7(4-5)9(11)12/h3-4,9H,1-2H3. The minimum absolute atomic E-state index is 0.575. The highest BCUT2D eigenvalue weighted by Gasteiger charge is 2.09. The molecule has 0 spiro atoms. The van der Waals surface area contributed by atoms with Crippen molar-refractivity contribution in [1.82, 2.24) is 0 Å². The molecule has 1 aromatic carbocycles. The first-order valence-corrected chi connectivity index (χ1v) is 7.14. The quantitative estimate of drug-likeness (QED) is 0.387. The first kappa shape index (κ1) is 11.5. The molecule has 0 aliphatic rings. The SMILES string of the molecule is Cc1cc(C)c(I)c(C(I)I)c1. The van der Waals surface area contributed by atoms with Crippen LogP contribution in [0, 0.1) is 17.4 Å². The second kappa shape index (κ2) is 4.77. The Morgan fingerprint density at radius 2 is 1.75 bits per heavy atom. The van der Waals surface area contributed by atoms with Crippen LogP contribution >= 0.6 is 67.8 Å². The van der Waals surface area contributed by atoms with E-state index in [1.54, 1.807) is 0 Å². The van der Waals surface area contributed by atoms with E-state index < -0.39 is 0 Å². The van der Waals surface area contributed by atoms with Gasteiger partial charge in [-0.25, -0.2) is 0 Å². The predicted octanol–water partition coefficient (Wildman–Crippen LogP) is 4.78. The monoisotopic (exact) mass is 498 g/mol. The third kappa shape index (κ3) is 2.70. The van der Waals surface area contributed by atoms with Crippen LogP contribution in [0.1, 0.15) is 18.6 Å². The van der Waals surface area contributed by atoms with E-state index in [0.717, 1.165) is 0 Å². The van der Waals surface area contributed by atoms with Gasteiger partial charge in [-0.2, -0.15) is 0 Å². The predicted molar refractivity (Wildman–Crippen MR) is 79.4 cm³/mol. The summed E-state index contributed by atoms with van der Waals surface area (Å²) >= 11 is 7.33. The van der Waals surface area contributed by atoms with Crippen molar-refractivity contribution >= 4 is 67.8 Å². The molecule has 0 saturated heterocycles. The Bertz CT molecular complexity index is 292. The lowest BCUT2D eigenvalue weighted by Gasteiger charge is -2.09. The highest BCUT2D eigenvalue weighted by Crippen LogP contribution is 2.35. The van der Waals surface area contributed by atoms with E-state index in [4.69, 9.17) is 0 Å². The third-order valence-corrected chi connectivity index (χ3v) is 4.48. The Hall–Kier alpha value is 1.41. The van der Waals surface area contributed by atoms with Crippen molar-refractivity contribution in [2.75, 3.05) is 0 Å². The largest absolute Gasteiger partial charge is 0.0885 e. The van der Waals surface area contributed by atoms with E-state index in [0.29, 0.717) is 1.93 Å². The van der Waals surface area contributed by atoms with Crippen molar-refractivity contribution in [2.45, 2.75) is 15.8 Å². The summed E-state index contributed by atoms with van der Waals surface area (Å²) < 4.78 is 1.98. The first-order chi connectivity index (χ1) is 5.52. The molecule has 1 rings (SSSR count). The van der Waals surface area contributed by atoms with Crippen molar-refractivity contribution < 1.29 is 0 Å². The van der Waals surface area contributed by atoms with Crippen LogP contribution in [0.2, 0.25) is 0 Å². The fourth-order valence-electron chi connectivity index (χ4n) is 1.14. The average Bonchev–Trinajstić information content (AvgIpc) is 1.96. The van der Waals surface area contributed by atoms with Crippen molar-refractivity contribution in [3.05, 3.63) is 32.4 Å². The topological polar surface area (TPSA) is 0 Å². The van der Waals surface area contributed by atoms with Gasteiger partial charge in [0.15, 0.2) is 0 Å². The van der Waals surface area contributed by atoms with Gasteiger partial charge in [-0.3, -0.25) is 0 Å². The van der Waals surface area contributed by atoms with Gasteiger partial charge in [-0.15, -0.1) is 0 Å². The number of aryl methyl sites for hydroxylation is 2. The van der Waals surface area contributed by atoms with E-state index in [-0.39, 0.29) is 0 Å². The van der Waals surface area contributed by atoms with Crippen LogP contribution in [0.3, 0.4) is 0 Å². The lowest BCUT2D eigenvalue weighted by atomic mass is 10.1. The molecule has 0 nitrogen and oxygen atoms in total. The molecule has 0 amide bonds. The van der Waals surface area contributed by atoms with Crippen molar-refractivity contribution in [3.63, 3.8) is 0 Å². The van der Waals surface area contributed by atoms with E-state index >= 15 is 0 Å². The summed E-state index contributed by atoms with van der Waals surface area (Å²) in [6, 6.07) is 4.51. The van der Waals surface area contributed by atoms with E-state index in [9.17, 15) is 0 Å². The number of rotatable bonds is 1. The number of halogens is 3. The molecule has 0 N–H and O–H groups in total. The molecule has 0 radical (unpaired) electrons. The molecule has 3 heteroatoms. The Morgan fingerprint density at radius 3 is 2.25 bits per heavy atom. The van der Waals surface area contributed by atoms with Gasteiger partial charge in [0.2, 0.25) is 0 Å². The first-order valence-electron chi connectivity index (χ1n) is 3.57. The molecule has 0 atom stereocenters. The summed E-state index contributed by atoms with van der Waals surface area (Å²) in [7, 11) is 0. The Labute approximate surface area is 114 Å². The maximum atomic E-state index is 2.45. The molecule has 0 fully saturated rings. The van der Waals surface area contributed by atoms with Crippen LogP contribution in [-0.2, 0) is 0 Å². The highest BCUT2D eigenvalue weighted by atomic mass is 127. The summed E-state index contributed by atoms with van der Waals surface area (Å²) in [5, 5.41) is 0. The molecule has 0 aliphatic heterocycles. The maximum Gasteiger partial charge on any atom is 0.0885 e. The summed E-state index contributed by atoms with van der Waals surface area (Å²) in [5.41, 5.74) is 4.21. The molecule has 0 bridgehead atoms. The van der Waals surface area contributed by atoms with Crippen molar-refractivity contribution in [3.8, 4) is 0 Å². The lowest BCUT2D eigenvalue weighted by Crippen LogP contribution is -1.91. The Kier molecular flexibility index (Phi) is 4.56. The molecule has 0 aliphatic carbocycles. The van der Waals surface area contributed by atoms with Gasteiger partial charge in [0.05, 0.1) is 1.93 Å². The van der Waals surface area contributed by atoms with Crippen molar-refractivity contribution in [1.29, 1.82) is 0 Å². The molecule has 12 heavy (non-hydrogen) atoms.